The zero-order valence-corrected chi connectivity index (χ0v) is 10.0. The Kier molecular flexibility index (Phi) is 4.23. The zero-order chi connectivity index (χ0) is 9.84. The number of amides is 1. The maximum Gasteiger partial charge on any atom is 0.219 e. The lowest BCUT2D eigenvalue weighted by atomic mass is 9.98. The predicted molar refractivity (Wildman–Crippen MR) is 58.0 cm³/mol. The Morgan fingerprint density at radius 2 is 2.31 bits per heavy atom. The van der Waals surface area contributed by atoms with Crippen LogP contribution in [-0.4, -0.2) is 28.2 Å². The van der Waals surface area contributed by atoms with Crippen molar-refractivity contribution < 1.29 is 4.79 Å². The number of likely N-dealkylation sites (tertiary alicyclic amines) is 1. The number of carbonyl (C=O) groups excluding carboxylic acids is 1. The number of halogens is 1. The van der Waals surface area contributed by atoms with Crippen molar-refractivity contribution >= 4 is 21.8 Å². The average Bonchev–Trinajstić information content (AvgIpc) is 2.03. The molecule has 2 atom stereocenters. The molecule has 0 N–H and O–H groups in total. The third kappa shape index (κ3) is 3.29. The Labute approximate surface area is 88.8 Å². The summed E-state index contributed by atoms with van der Waals surface area (Å²) in [5, 5.41) is 0. The zero-order valence-electron chi connectivity index (χ0n) is 8.42. The van der Waals surface area contributed by atoms with Gasteiger partial charge in [-0.25, -0.2) is 0 Å². The van der Waals surface area contributed by atoms with Gasteiger partial charge in [-0.15, -0.1) is 0 Å². The van der Waals surface area contributed by atoms with Gasteiger partial charge in [0.25, 0.3) is 0 Å². The number of hydrogen-bond acceptors (Lipinski definition) is 1. The maximum absolute atomic E-state index is 11.3. The molecule has 3 heteroatoms. The third-order valence-electron chi connectivity index (χ3n) is 2.63. The summed E-state index contributed by atoms with van der Waals surface area (Å²) in [6.07, 6.45) is 4.70. The predicted octanol–water partition coefficient (Wildman–Crippen LogP) is 2.56. The van der Waals surface area contributed by atoms with E-state index in [0.29, 0.717) is 10.9 Å². The Balaban J connectivity index is 2.51. The van der Waals surface area contributed by atoms with Crippen molar-refractivity contribution in [3.63, 3.8) is 0 Å². The smallest absolute Gasteiger partial charge is 0.219 e. The minimum atomic E-state index is 0.234. The van der Waals surface area contributed by atoms with E-state index in [1.807, 2.05) is 4.90 Å². The maximum atomic E-state index is 11.3. The van der Waals surface area contributed by atoms with Gasteiger partial charge in [0.2, 0.25) is 5.91 Å². The van der Waals surface area contributed by atoms with E-state index in [1.165, 1.54) is 19.3 Å². The van der Waals surface area contributed by atoms with E-state index in [-0.39, 0.29) is 5.91 Å². The molecule has 0 aliphatic carbocycles. The van der Waals surface area contributed by atoms with E-state index < -0.39 is 0 Å². The molecule has 1 aliphatic heterocycles. The summed E-state index contributed by atoms with van der Waals surface area (Å²) in [5.41, 5.74) is 0. The molecule has 1 fully saturated rings. The van der Waals surface area contributed by atoms with Gasteiger partial charge in [-0.05, 0) is 25.7 Å². The Morgan fingerprint density at radius 3 is 2.85 bits per heavy atom. The van der Waals surface area contributed by atoms with E-state index in [2.05, 4.69) is 22.9 Å². The number of nitrogens with zero attached hydrogens (tertiary/aromatic N) is 1. The van der Waals surface area contributed by atoms with Gasteiger partial charge in [-0.3, -0.25) is 4.79 Å². The summed E-state index contributed by atoms with van der Waals surface area (Å²) in [5.74, 6) is 0.234. The highest BCUT2D eigenvalue weighted by Crippen LogP contribution is 2.22. The molecule has 0 aromatic rings. The molecular weight excluding hydrogens is 230 g/mol. The molecule has 0 aromatic heterocycles. The van der Waals surface area contributed by atoms with Crippen molar-refractivity contribution in [1.82, 2.24) is 4.90 Å². The van der Waals surface area contributed by atoms with E-state index in [4.69, 9.17) is 0 Å². The Hall–Kier alpha value is -0.0500. The van der Waals surface area contributed by atoms with Crippen molar-refractivity contribution in [3.8, 4) is 0 Å². The van der Waals surface area contributed by atoms with Crippen LogP contribution in [0.1, 0.15) is 39.5 Å². The molecule has 2 nitrogen and oxygen atoms in total. The van der Waals surface area contributed by atoms with Crippen molar-refractivity contribution in [2.75, 3.05) is 6.54 Å². The minimum absolute atomic E-state index is 0.234. The van der Waals surface area contributed by atoms with Gasteiger partial charge in [-0.2, -0.15) is 0 Å². The molecule has 13 heavy (non-hydrogen) atoms. The van der Waals surface area contributed by atoms with Crippen LogP contribution in [-0.2, 0) is 4.79 Å². The van der Waals surface area contributed by atoms with Crippen molar-refractivity contribution in [2.45, 2.75) is 50.4 Å². The van der Waals surface area contributed by atoms with Gasteiger partial charge in [0.1, 0.15) is 0 Å². The highest BCUT2D eigenvalue weighted by molar-refractivity contribution is 9.09. The first-order chi connectivity index (χ1) is 6.11. The lowest BCUT2D eigenvalue weighted by Gasteiger charge is -2.35. The van der Waals surface area contributed by atoms with Gasteiger partial charge >= 0.3 is 0 Å². The molecule has 1 amide bonds. The number of hydrogen-bond donors (Lipinski definition) is 0. The average molecular weight is 248 g/mol. The first-order valence-corrected chi connectivity index (χ1v) is 5.94. The fourth-order valence-electron chi connectivity index (χ4n) is 2.04. The largest absolute Gasteiger partial charge is 0.340 e. The van der Waals surface area contributed by atoms with Crippen LogP contribution in [0.25, 0.3) is 0 Å². The number of rotatable bonds is 2. The minimum Gasteiger partial charge on any atom is -0.340 e. The normalized spacial score (nSPS) is 25.8. The Morgan fingerprint density at radius 1 is 1.62 bits per heavy atom. The van der Waals surface area contributed by atoms with Crippen LogP contribution in [0, 0.1) is 0 Å². The monoisotopic (exact) mass is 247 g/mol. The van der Waals surface area contributed by atoms with Crippen LogP contribution in [0.2, 0.25) is 0 Å². The number of carbonyl (C=O) groups is 1. The van der Waals surface area contributed by atoms with Crippen molar-refractivity contribution in [2.24, 2.45) is 0 Å². The fraction of sp³-hybridized carbons (Fsp3) is 0.900. The van der Waals surface area contributed by atoms with Crippen LogP contribution >= 0.6 is 15.9 Å². The second-order valence-corrected chi connectivity index (χ2v) is 5.44. The molecule has 2 unspecified atom stereocenters. The SMILES string of the molecule is CC(=O)N1CCCCC1CC(C)Br. The highest BCUT2D eigenvalue weighted by Gasteiger charge is 2.24. The lowest BCUT2D eigenvalue weighted by Crippen LogP contribution is -2.43. The summed E-state index contributed by atoms with van der Waals surface area (Å²) >= 11 is 3.55. The first kappa shape index (κ1) is 11.0. The van der Waals surface area contributed by atoms with Crippen LogP contribution in [0.3, 0.4) is 0 Å². The third-order valence-corrected chi connectivity index (χ3v) is 3.00. The highest BCUT2D eigenvalue weighted by atomic mass is 79.9. The molecule has 76 valence electrons. The molecular formula is C10H18BrNO. The van der Waals surface area contributed by atoms with E-state index in [0.717, 1.165) is 13.0 Å². The van der Waals surface area contributed by atoms with E-state index in [9.17, 15) is 4.79 Å². The number of piperidine rings is 1. The van der Waals surface area contributed by atoms with Gasteiger partial charge in [-0.1, -0.05) is 22.9 Å². The lowest BCUT2D eigenvalue weighted by molar-refractivity contribution is -0.132. The van der Waals surface area contributed by atoms with Gasteiger partial charge in [0.15, 0.2) is 0 Å². The molecule has 1 heterocycles. The van der Waals surface area contributed by atoms with E-state index in [1.54, 1.807) is 6.92 Å². The molecule has 0 aromatic carbocycles. The van der Waals surface area contributed by atoms with Gasteiger partial charge < -0.3 is 4.90 Å². The topological polar surface area (TPSA) is 20.3 Å². The van der Waals surface area contributed by atoms with Crippen molar-refractivity contribution in [1.29, 1.82) is 0 Å². The summed E-state index contributed by atoms with van der Waals surface area (Å²) < 4.78 is 0. The van der Waals surface area contributed by atoms with Crippen molar-refractivity contribution in [3.05, 3.63) is 0 Å². The molecule has 0 saturated carbocycles. The summed E-state index contributed by atoms with van der Waals surface area (Å²) in [4.78, 5) is 13.8. The molecule has 0 bridgehead atoms. The Bertz CT molecular complexity index is 182. The molecule has 1 saturated heterocycles. The molecule has 0 radical (unpaired) electrons. The number of alkyl halides is 1. The second kappa shape index (κ2) is 4.99. The molecule has 1 rings (SSSR count). The summed E-state index contributed by atoms with van der Waals surface area (Å²) in [7, 11) is 0. The van der Waals surface area contributed by atoms with Crippen LogP contribution < -0.4 is 0 Å². The quantitative estimate of drug-likeness (QED) is 0.688. The van der Waals surface area contributed by atoms with Gasteiger partial charge in [0.05, 0.1) is 0 Å². The first-order valence-electron chi connectivity index (χ1n) is 5.02. The van der Waals surface area contributed by atoms with Gasteiger partial charge in [0, 0.05) is 24.3 Å². The van der Waals surface area contributed by atoms with Crippen LogP contribution in [0.5, 0.6) is 0 Å². The second-order valence-electron chi connectivity index (χ2n) is 3.88. The summed E-state index contributed by atoms with van der Waals surface area (Å²) in [6, 6.07) is 0.473. The van der Waals surface area contributed by atoms with Crippen LogP contribution in [0.4, 0.5) is 0 Å². The molecule has 0 spiro atoms. The van der Waals surface area contributed by atoms with E-state index >= 15 is 0 Å². The fourth-order valence-corrected chi connectivity index (χ4v) is 2.47. The van der Waals surface area contributed by atoms with Crippen LogP contribution in [0.15, 0.2) is 0 Å². The standard InChI is InChI=1S/C10H18BrNO/c1-8(11)7-10-5-3-4-6-12(10)9(2)13/h8,10H,3-7H2,1-2H3. The summed E-state index contributed by atoms with van der Waals surface area (Å²) in [6.45, 7) is 4.78. The molecule has 1 aliphatic rings.